The minimum absolute atomic E-state index is 0.110. The van der Waals surface area contributed by atoms with E-state index in [0.29, 0.717) is 22.4 Å². The van der Waals surface area contributed by atoms with Gasteiger partial charge in [-0.1, -0.05) is 6.92 Å². The predicted molar refractivity (Wildman–Crippen MR) is 90.7 cm³/mol. The Morgan fingerprint density at radius 2 is 2.23 bits per heavy atom. The number of primary amides is 1. The van der Waals surface area contributed by atoms with Crippen LogP contribution in [0.15, 0.2) is 24.4 Å². The quantitative estimate of drug-likeness (QED) is 0.835. The number of carbonyl (C=O) groups is 2. The van der Waals surface area contributed by atoms with Crippen molar-refractivity contribution in [1.82, 2.24) is 10.3 Å². The molecule has 7 nitrogen and oxygen atoms in total. The van der Waals surface area contributed by atoms with Crippen LogP contribution in [0.2, 0.25) is 0 Å². The second kappa shape index (κ2) is 5.55. The monoisotopic (exact) mass is 359 g/mol. The maximum absolute atomic E-state index is 14.4. The number of methoxy groups -OCH3 is 1. The maximum atomic E-state index is 14.4. The normalized spacial score (nSPS) is 29.2. The predicted octanol–water partition coefficient (Wildman–Crippen LogP) is 1.19. The van der Waals surface area contributed by atoms with Gasteiger partial charge in [-0.3, -0.25) is 9.59 Å². The highest BCUT2D eigenvalue weighted by atomic mass is 19.1. The van der Waals surface area contributed by atoms with Crippen molar-refractivity contribution in [2.45, 2.75) is 18.6 Å². The molecule has 136 valence electrons. The van der Waals surface area contributed by atoms with Crippen LogP contribution in [-0.4, -0.2) is 42.2 Å². The first kappa shape index (κ1) is 16.6. The summed E-state index contributed by atoms with van der Waals surface area (Å²) in [5, 5.41) is 3.98. The van der Waals surface area contributed by atoms with Gasteiger partial charge in [-0.05, 0) is 23.6 Å². The van der Waals surface area contributed by atoms with Gasteiger partial charge in [0.05, 0.1) is 18.7 Å². The Balaban J connectivity index is 1.61. The number of hydrogen-bond acceptors (Lipinski definition) is 5. The van der Waals surface area contributed by atoms with Crippen molar-refractivity contribution in [2.75, 3.05) is 13.7 Å². The summed E-state index contributed by atoms with van der Waals surface area (Å²) in [6.07, 6.45) is 1.54. The van der Waals surface area contributed by atoms with E-state index in [0.717, 1.165) is 0 Å². The number of aromatic nitrogens is 1. The molecule has 1 aliphatic heterocycles. The Bertz CT molecular complexity index is 934. The molecule has 0 bridgehead atoms. The third kappa shape index (κ3) is 2.21. The molecule has 26 heavy (non-hydrogen) atoms. The van der Waals surface area contributed by atoms with Gasteiger partial charge in [0.25, 0.3) is 11.8 Å². The number of amides is 2. The van der Waals surface area contributed by atoms with E-state index in [9.17, 15) is 14.0 Å². The summed E-state index contributed by atoms with van der Waals surface area (Å²) in [6, 6.07) is 4.56. The molecule has 1 saturated heterocycles. The van der Waals surface area contributed by atoms with Crippen LogP contribution in [0, 0.1) is 11.8 Å². The second-order valence-corrected chi connectivity index (χ2v) is 6.73. The van der Waals surface area contributed by atoms with Crippen molar-refractivity contribution in [3.8, 4) is 11.6 Å². The lowest BCUT2D eigenvalue weighted by Crippen LogP contribution is -2.38. The minimum atomic E-state index is -1.76. The average molecular weight is 359 g/mol. The van der Waals surface area contributed by atoms with Crippen LogP contribution in [0.3, 0.4) is 0 Å². The first-order valence-electron chi connectivity index (χ1n) is 8.27. The number of fused-ring (bicyclic) bond motifs is 2. The van der Waals surface area contributed by atoms with E-state index >= 15 is 0 Å². The third-order valence-corrected chi connectivity index (χ3v) is 5.39. The summed E-state index contributed by atoms with van der Waals surface area (Å²) in [5.74, 6) is -1.21. The Hall–Kier alpha value is -2.90. The number of piperidine rings is 1. The Morgan fingerprint density at radius 1 is 1.46 bits per heavy atom. The summed E-state index contributed by atoms with van der Waals surface area (Å²) >= 11 is 0. The number of hydrogen-bond donors (Lipinski definition) is 2. The molecule has 2 amide bonds. The standard InChI is InChI=1S/C18H18FN3O4/c1-8-14-12(22-17(24)18(8,14)19)7-26-16-10-6-13(25-2)11(15(20)23)5-9(10)3-4-21-16/h3-6,8,12,14H,7H2,1-2H3,(H2,20,23)(H,22,24)/t8?,12-,14?,18+/m1/s1. The highest BCUT2D eigenvalue weighted by Gasteiger charge is 2.75. The fraction of sp³-hybridized carbons (Fsp3) is 0.389. The number of nitrogens with zero attached hydrogens (tertiary/aromatic N) is 1. The van der Waals surface area contributed by atoms with Gasteiger partial charge in [-0.25, -0.2) is 9.37 Å². The van der Waals surface area contributed by atoms with E-state index in [2.05, 4.69) is 10.3 Å². The van der Waals surface area contributed by atoms with Crippen molar-refractivity contribution in [1.29, 1.82) is 0 Å². The Morgan fingerprint density at radius 3 is 2.85 bits per heavy atom. The van der Waals surface area contributed by atoms with Gasteiger partial charge in [0.15, 0.2) is 5.67 Å². The lowest BCUT2D eigenvalue weighted by atomic mass is 10.1. The summed E-state index contributed by atoms with van der Waals surface area (Å²) in [4.78, 5) is 27.5. The molecule has 2 unspecified atom stereocenters. The number of benzene rings is 1. The fourth-order valence-corrected chi connectivity index (χ4v) is 3.89. The lowest BCUT2D eigenvalue weighted by molar-refractivity contribution is -0.126. The van der Waals surface area contributed by atoms with Gasteiger partial charge >= 0.3 is 0 Å². The third-order valence-electron chi connectivity index (χ3n) is 5.39. The van der Waals surface area contributed by atoms with Gasteiger partial charge in [-0.2, -0.15) is 0 Å². The van der Waals surface area contributed by atoms with E-state index in [1.54, 1.807) is 31.3 Å². The van der Waals surface area contributed by atoms with Crippen LogP contribution in [0.5, 0.6) is 11.6 Å². The molecule has 0 radical (unpaired) electrons. The summed E-state index contributed by atoms with van der Waals surface area (Å²) < 4.78 is 25.4. The van der Waals surface area contributed by atoms with Crippen molar-refractivity contribution >= 4 is 22.6 Å². The molecule has 4 atom stereocenters. The average Bonchev–Trinajstić information content (AvgIpc) is 3.07. The maximum Gasteiger partial charge on any atom is 0.258 e. The van der Waals surface area contributed by atoms with E-state index in [1.807, 2.05) is 0 Å². The van der Waals surface area contributed by atoms with Crippen LogP contribution in [-0.2, 0) is 4.79 Å². The van der Waals surface area contributed by atoms with E-state index < -0.39 is 23.5 Å². The molecule has 2 aliphatic rings. The SMILES string of the molecule is COc1cc2c(OC[C@H]3NC(=O)[C@]4(F)C(C)C34)nccc2cc1C(N)=O. The lowest BCUT2D eigenvalue weighted by Gasteiger charge is -2.16. The molecule has 2 fully saturated rings. The molecular weight excluding hydrogens is 341 g/mol. The van der Waals surface area contributed by atoms with Gasteiger partial charge in [0.1, 0.15) is 12.4 Å². The van der Waals surface area contributed by atoms with E-state index in [1.165, 1.54) is 7.11 Å². The first-order valence-corrected chi connectivity index (χ1v) is 8.27. The van der Waals surface area contributed by atoms with Crippen LogP contribution in [0.4, 0.5) is 4.39 Å². The molecular formula is C18H18FN3O4. The van der Waals surface area contributed by atoms with Crippen molar-refractivity contribution in [2.24, 2.45) is 17.6 Å². The summed E-state index contributed by atoms with van der Waals surface area (Å²) in [7, 11) is 1.44. The fourth-order valence-electron chi connectivity index (χ4n) is 3.89. The Kier molecular flexibility index (Phi) is 3.54. The highest BCUT2D eigenvalue weighted by molar-refractivity contribution is 6.01. The number of halogens is 1. The van der Waals surface area contributed by atoms with Crippen molar-refractivity contribution in [3.05, 3.63) is 30.0 Å². The molecule has 3 N–H and O–H groups in total. The van der Waals surface area contributed by atoms with E-state index in [-0.39, 0.29) is 24.0 Å². The first-order chi connectivity index (χ1) is 12.4. The number of carbonyl (C=O) groups excluding carboxylic acids is 2. The molecule has 8 heteroatoms. The number of alkyl halides is 1. The molecule has 4 rings (SSSR count). The largest absolute Gasteiger partial charge is 0.496 e. The topological polar surface area (TPSA) is 104 Å². The zero-order chi connectivity index (χ0) is 18.6. The molecule has 1 aromatic carbocycles. The second-order valence-electron chi connectivity index (χ2n) is 6.73. The number of nitrogens with two attached hydrogens (primary N) is 1. The Labute approximate surface area is 148 Å². The van der Waals surface area contributed by atoms with Crippen LogP contribution < -0.4 is 20.5 Å². The van der Waals surface area contributed by atoms with Crippen molar-refractivity contribution < 1.29 is 23.5 Å². The van der Waals surface area contributed by atoms with Crippen LogP contribution in [0.25, 0.3) is 10.8 Å². The minimum Gasteiger partial charge on any atom is -0.496 e. The highest BCUT2D eigenvalue weighted by Crippen LogP contribution is 2.59. The van der Waals surface area contributed by atoms with Crippen LogP contribution >= 0.6 is 0 Å². The van der Waals surface area contributed by atoms with Gasteiger partial charge < -0.3 is 20.5 Å². The number of pyridine rings is 1. The number of nitrogens with one attached hydrogen (secondary N) is 1. The molecule has 2 aromatic rings. The summed E-state index contributed by atoms with van der Waals surface area (Å²) in [6.45, 7) is 1.83. The number of rotatable bonds is 5. The van der Waals surface area contributed by atoms with Gasteiger partial charge in [0.2, 0.25) is 5.88 Å². The van der Waals surface area contributed by atoms with Gasteiger partial charge in [-0.15, -0.1) is 0 Å². The molecule has 0 spiro atoms. The molecule has 1 saturated carbocycles. The number of ether oxygens (including phenoxy) is 2. The molecule has 1 aromatic heterocycles. The van der Waals surface area contributed by atoms with E-state index in [4.69, 9.17) is 15.2 Å². The van der Waals surface area contributed by atoms with Crippen molar-refractivity contribution in [3.63, 3.8) is 0 Å². The molecule has 2 heterocycles. The smallest absolute Gasteiger partial charge is 0.258 e. The summed E-state index contributed by atoms with van der Waals surface area (Å²) in [5.41, 5.74) is 3.87. The molecule has 1 aliphatic carbocycles. The van der Waals surface area contributed by atoms with Gasteiger partial charge in [0, 0.05) is 23.4 Å². The zero-order valence-electron chi connectivity index (χ0n) is 14.3. The van der Waals surface area contributed by atoms with Crippen LogP contribution in [0.1, 0.15) is 17.3 Å². The zero-order valence-corrected chi connectivity index (χ0v) is 14.3.